The molecule has 2 aromatic heterocycles. The number of aliphatic hydroxyl groups excluding tert-OH is 2. The summed E-state index contributed by atoms with van der Waals surface area (Å²) in [6, 6.07) is 6.25. The van der Waals surface area contributed by atoms with Gasteiger partial charge in [0.2, 0.25) is 23.8 Å². The van der Waals surface area contributed by atoms with Crippen molar-refractivity contribution in [3.05, 3.63) is 47.5 Å². The molecule has 0 amide bonds. The van der Waals surface area contributed by atoms with Crippen LogP contribution in [-0.2, 0) is 50.6 Å². The predicted molar refractivity (Wildman–Crippen MR) is 234 cm³/mol. The zero-order valence-electron chi connectivity index (χ0n) is 40.3. The van der Waals surface area contributed by atoms with Crippen molar-refractivity contribution < 1.29 is 232 Å². The van der Waals surface area contributed by atoms with Gasteiger partial charge in [-0.05, 0) is 35.4 Å². The van der Waals surface area contributed by atoms with E-state index in [1.54, 1.807) is 0 Å². The van der Waals surface area contributed by atoms with Crippen LogP contribution in [0.3, 0.4) is 0 Å². The van der Waals surface area contributed by atoms with Crippen LogP contribution in [0.2, 0.25) is 0 Å². The Bertz CT molecular complexity index is 2750. The minimum Gasteiger partial charge on any atom is -0.748 e. The molecule has 0 aliphatic rings. The Morgan fingerprint density at radius 3 is 1.11 bits per heavy atom. The summed E-state index contributed by atoms with van der Waals surface area (Å²) in [5.41, 5.74) is 4.22. The molecule has 0 atom stereocenters. The van der Waals surface area contributed by atoms with Crippen LogP contribution in [0.15, 0.2) is 46.2 Å². The van der Waals surface area contributed by atoms with Crippen LogP contribution in [-0.4, -0.2) is 182 Å². The Hall–Kier alpha value is -0.610. The fourth-order valence-electron chi connectivity index (χ4n) is 4.54. The molecule has 2 heterocycles. The minimum atomic E-state index is -5.19. The maximum absolute atomic E-state index is 12.3. The second kappa shape index (κ2) is 38.1. The van der Waals surface area contributed by atoms with Crippen molar-refractivity contribution in [2.24, 2.45) is 5.73 Å². The molecule has 4 aromatic rings. The number of ether oxygens (including phenoxy) is 2. The van der Waals surface area contributed by atoms with Gasteiger partial charge in [-0.25, -0.2) is 42.1 Å². The average molecular weight is 1180 g/mol. The van der Waals surface area contributed by atoms with Crippen molar-refractivity contribution in [2.75, 3.05) is 98.7 Å². The molecule has 0 bridgehead atoms. The molecule has 4 rings (SSSR count). The minimum absolute atomic E-state index is 0. The molecular formula is C32H43N12Na5O19S5. The van der Waals surface area contributed by atoms with Crippen molar-refractivity contribution in [3.63, 3.8) is 0 Å². The Morgan fingerprint density at radius 1 is 0.521 bits per heavy atom. The Balaban J connectivity index is -0.00000110. The van der Waals surface area contributed by atoms with Gasteiger partial charge in [0.15, 0.2) is 0 Å². The van der Waals surface area contributed by atoms with Gasteiger partial charge >= 0.3 is 160 Å². The molecule has 0 saturated carbocycles. The van der Waals surface area contributed by atoms with Gasteiger partial charge in [0.05, 0.1) is 84.8 Å². The third kappa shape index (κ3) is 34.1. The Kier molecular flexibility index (Phi) is 41.1. The summed E-state index contributed by atoms with van der Waals surface area (Å²) in [6.07, 6.45) is 2.14. The van der Waals surface area contributed by atoms with E-state index < -0.39 is 77.6 Å². The van der Waals surface area contributed by atoms with Crippen molar-refractivity contribution in [2.45, 2.75) is 9.79 Å². The molecule has 73 heavy (non-hydrogen) atoms. The molecule has 31 nitrogen and oxygen atoms in total. The second-order valence-corrected chi connectivity index (χ2v) is 19.8. The predicted octanol–water partition coefficient (Wildman–Crippen LogP) is -18.5. The smallest absolute Gasteiger partial charge is 0.748 e. The molecule has 41 heteroatoms. The summed E-state index contributed by atoms with van der Waals surface area (Å²) < 4.78 is 178. The number of benzene rings is 2. The number of nitrogens with two attached hydrogens (primary N) is 1. The van der Waals surface area contributed by atoms with Crippen LogP contribution in [0.4, 0.5) is 35.2 Å². The molecule has 380 valence electrons. The number of hydrogen-bond acceptors (Lipinski definition) is 31. The van der Waals surface area contributed by atoms with Gasteiger partial charge in [-0.3, -0.25) is 0 Å². The van der Waals surface area contributed by atoms with Crippen LogP contribution in [0.1, 0.15) is 11.1 Å². The molecule has 0 aliphatic heterocycles. The van der Waals surface area contributed by atoms with E-state index >= 15 is 0 Å². The molecular weight excluding hydrogens is 1130 g/mol. The van der Waals surface area contributed by atoms with Crippen LogP contribution in [0.25, 0.3) is 12.2 Å². The first-order valence-corrected chi connectivity index (χ1v) is 26.1. The number of nitrogens with zero attached hydrogens (tertiary/aromatic N) is 6. The largest absolute Gasteiger partial charge is 1.00 e. The summed E-state index contributed by atoms with van der Waals surface area (Å²) in [7, 11) is -21.1. The summed E-state index contributed by atoms with van der Waals surface area (Å²) in [6.45, 7) is 0.608. The zero-order valence-corrected chi connectivity index (χ0v) is 54.4. The SMILES string of the molecule is COc1nc(NCCS(=O)(=O)[O-])nc(Nc2ccc(/C=C/c3ccc(Nc4nc(NCCS(=O)(=O)[O-])nc(OC)n4)cc3S(=O)(=O)[O-])c(S(=O)(=O)[O-])c2)n1.NCCS(=O)(=O)[O-].OCCNCCO.[Na+].[Na+].[Na+].[Na+].[Na+]. The summed E-state index contributed by atoms with van der Waals surface area (Å²) in [4.78, 5) is 22.0. The van der Waals surface area contributed by atoms with E-state index in [0.29, 0.717) is 13.1 Å². The van der Waals surface area contributed by atoms with Crippen molar-refractivity contribution in [1.29, 1.82) is 0 Å². The fraction of sp³-hybridized carbons (Fsp3) is 0.375. The van der Waals surface area contributed by atoms with Gasteiger partial charge in [0, 0.05) is 44.1 Å². The van der Waals surface area contributed by atoms with Gasteiger partial charge in [0.25, 0.3) is 0 Å². The number of aliphatic hydroxyl groups is 2. The molecule has 0 aliphatic carbocycles. The summed E-state index contributed by atoms with van der Waals surface area (Å²) in [5.74, 6) is -2.95. The van der Waals surface area contributed by atoms with E-state index in [9.17, 15) is 64.9 Å². The topological polar surface area (TPSA) is 508 Å². The number of anilines is 6. The van der Waals surface area contributed by atoms with E-state index in [1.807, 2.05) is 0 Å². The van der Waals surface area contributed by atoms with Gasteiger partial charge in [0.1, 0.15) is 20.2 Å². The number of nitrogens with one attached hydrogen (secondary N) is 5. The van der Waals surface area contributed by atoms with Crippen LogP contribution < -0.4 is 190 Å². The monoisotopic (exact) mass is 1170 g/mol. The third-order valence-electron chi connectivity index (χ3n) is 7.33. The standard InChI is InChI=1S/C26H30N10O14S4.C4H11NO2.C2H7NO3S.5Na/c1-49-25-33-21(27-9-11-51(37,38)39)31-23(35-25)29-17-7-5-15(19(13-17)53(43,44)45)3-4-16-6-8-18(14-20(16)54(46,47)48)30-24-32-22(34-26(36-24)50-2)28-10-12-52(40,41)42;6-3-1-5-2-4-7;3-1-2-7(4,5)6;;;;;/h3-8,13-14H,9-12H2,1-2H3,(H,37,38,39)(H,40,41,42)(H,43,44,45)(H,46,47,48)(H2,27,29,31,33,35)(H2,28,30,32,34,36);5-7H,1-4H2;1-3H2,(H,4,5,6);;;;;/q;;;5*+1/p-5/b4-3+;;;;;;;. The summed E-state index contributed by atoms with van der Waals surface area (Å²) >= 11 is 0. The third-order valence-corrected chi connectivity index (χ3v) is 11.3. The summed E-state index contributed by atoms with van der Waals surface area (Å²) in [5, 5.41) is 29.4. The van der Waals surface area contributed by atoms with Crippen molar-refractivity contribution in [3.8, 4) is 12.0 Å². The molecule has 2 aromatic carbocycles. The fourth-order valence-corrected chi connectivity index (χ4v) is 6.92. The molecule has 9 N–H and O–H groups in total. The van der Waals surface area contributed by atoms with Gasteiger partial charge in [-0.15, -0.1) is 0 Å². The zero-order chi connectivity index (χ0) is 51.3. The molecule has 0 saturated heterocycles. The van der Waals surface area contributed by atoms with Crippen molar-refractivity contribution in [1.82, 2.24) is 35.2 Å². The van der Waals surface area contributed by atoms with E-state index in [4.69, 9.17) is 25.4 Å². The van der Waals surface area contributed by atoms with Gasteiger partial charge < -0.3 is 74.8 Å². The maximum Gasteiger partial charge on any atom is 1.00 e. The number of aromatic nitrogens is 6. The van der Waals surface area contributed by atoms with E-state index in [-0.39, 0.29) is 239 Å². The van der Waals surface area contributed by atoms with Gasteiger partial charge in [-0.2, -0.15) is 29.9 Å². The second-order valence-electron chi connectivity index (χ2n) is 12.6. The molecule has 0 unspecified atom stereocenters. The number of rotatable bonds is 24. The molecule has 0 radical (unpaired) electrons. The Morgan fingerprint density at radius 2 is 0.849 bits per heavy atom. The molecule has 0 spiro atoms. The van der Waals surface area contributed by atoms with Crippen LogP contribution >= 0.6 is 0 Å². The van der Waals surface area contributed by atoms with Crippen LogP contribution in [0, 0.1) is 0 Å². The van der Waals surface area contributed by atoms with Crippen molar-refractivity contribution >= 4 is 97.9 Å². The number of methoxy groups -OCH3 is 2. The first-order chi connectivity index (χ1) is 31.6. The van der Waals surface area contributed by atoms with E-state index in [2.05, 4.69) is 56.5 Å². The normalized spacial score (nSPS) is 11.2. The quantitative estimate of drug-likeness (QED) is 0.0140. The number of hydrogen-bond donors (Lipinski definition) is 8. The molecule has 0 fully saturated rings. The average Bonchev–Trinajstić information content (AvgIpc) is 3.22. The van der Waals surface area contributed by atoms with E-state index in [1.165, 1.54) is 38.5 Å². The van der Waals surface area contributed by atoms with Gasteiger partial charge in [-0.1, -0.05) is 24.3 Å². The maximum atomic E-state index is 12.3. The van der Waals surface area contributed by atoms with Crippen LogP contribution in [0.5, 0.6) is 12.0 Å². The first kappa shape index (κ1) is 78.9. The first-order valence-electron chi connectivity index (χ1n) is 18.5. The van der Waals surface area contributed by atoms with E-state index in [0.717, 1.165) is 24.3 Å². The Labute approximate surface area is 531 Å².